The van der Waals surface area contributed by atoms with E-state index in [0.29, 0.717) is 12.2 Å². The second-order valence-corrected chi connectivity index (χ2v) is 2.35. The van der Waals surface area contributed by atoms with E-state index in [1.54, 1.807) is 0 Å². The molecule has 0 aliphatic heterocycles. The molecule has 0 atom stereocenters. The number of ether oxygens (including phenoxy) is 1. The second kappa shape index (κ2) is 5.03. The SMILES string of the molecule is CCO/C=C(/C=O)C(C)C. The molecule has 0 spiro atoms. The molecular formula is C8H14O2. The molecule has 0 aromatic heterocycles. The van der Waals surface area contributed by atoms with E-state index in [1.807, 2.05) is 20.8 Å². The number of hydrogen-bond acceptors (Lipinski definition) is 2. The molecule has 0 amide bonds. The lowest BCUT2D eigenvalue weighted by molar-refractivity contribution is -0.105. The normalized spacial score (nSPS) is 11.8. The van der Waals surface area contributed by atoms with Gasteiger partial charge in [0.25, 0.3) is 0 Å². The number of allylic oxidation sites excluding steroid dienone is 1. The highest BCUT2D eigenvalue weighted by atomic mass is 16.5. The molecule has 0 heterocycles. The van der Waals surface area contributed by atoms with Crippen molar-refractivity contribution in [1.29, 1.82) is 0 Å². The Kier molecular flexibility index (Phi) is 4.63. The van der Waals surface area contributed by atoms with Crippen molar-refractivity contribution in [3.63, 3.8) is 0 Å². The third kappa shape index (κ3) is 3.28. The zero-order chi connectivity index (χ0) is 7.98. The highest BCUT2D eigenvalue weighted by Crippen LogP contribution is 2.05. The van der Waals surface area contributed by atoms with E-state index >= 15 is 0 Å². The Balaban J connectivity index is 3.91. The maximum atomic E-state index is 10.3. The molecule has 0 aromatic carbocycles. The second-order valence-electron chi connectivity index (χ2n) is 2.35. The van der Waals surface area contributed by atoms with Crippen LogP contribution in [0.2, 0.25) is 0 Å². The van der Waals surface area contributed by atoms with Crippen molar-refractivity contribution in [2.75, 3.05) is 6.61 Å². The molecule has 0 radical (unpaired) electrons. The van der Waals surface area contributed by atoms with Gasteiger partial charge in [-0.25, -0.2) is 0 Å². The summed E-state index contributed by atoms with van der Waals surface area (Å²) in [6, 6.07) is 0. The standard InChI is InChI=1S/C8H14O2/c1-4-10-6-8(5-9)7(2)3/h5-7H,4H2,1-3H3/b8-6-. The number of rotatable bonds is 4. The van der Waals surface area contributed by atoms with Gasteiger partial charge in [-0.3, -0.25) is 4.79 Å². The quantitative estimate of drug-likeness (QED) is 0.339. The van der Waals surface area contributed by atoms with E-state index in [1.165, 1.54) is 6.26 Å². The largest absolute Gasteiger partial charge is 0.501 e. The minimum Gasteiger partial charge on any atom is -0.501 e. The Labute approximate surface area is 61.9 Å². The molecule has 0 N–H and O–H groups in total. The molecule has 2 heteroatoms. The summed E-state index contributed by atoms with van der Waals surface area (Å²) in [5, 5.41) is 0. The van der Waals surface area contributed by atoms with Crippen LogP contribution in [0.3, 0.4) is 0 Å². The lowest BCUT2D eigenvalue weighted by Crippen LogP contribution is -1.96. The van der Waals surface area contributed by atoms with E-state index in [0.717, 1.165) is 6.29 Å². The lowest BCUT2D eigenvalue weighted by atomic mass is 10.1. The van der Waals surface area contributed by atoms with Crippen molar-refractivity contribution in [3.05, 3.63) is 11.8 Å². The van der Waals surface area contributed by atoms with Crippen LogP contribution in [0.1, 0.15) is 20.8 Å². The van der Waals surface area contributed by atoms with Crippen molar-refractivity contribution in [2.45, 2.75) is 20.8 Å². The number of carbonyl (C=O) groups excluding carboxylic acids is 1. The predicted molar refractivity (Wildman–Crippen MR) is 40.6 cm³/mol. The molecule has 0 unspecified atom stereocenters. The average molecular weight is 142 g/mol. The van der Waals surface area contributed by atoms with Gasteiger partial charge >= 0.3 is 0 Å². The highest BCUT2D eigenvalue weighted by Gasteiger charge is 1.99. The van der Waals surface area contributed by atoms with Gasteiger partial charge in [0.1, 0.15) is 6.29 Å². The fraction of sp³-hybridized carbons (Fsp3) is 0.625. The first kappa shape index (κ1) is 9.21. The zero-order valence-electron chi connectivity index (χ0n) is 6.76. The van der Waals surface area contributed by atoms with Gasteiger partial charge in [-0.2, -0.15) is 0 Å². The van der Waals surface area contributed by atoms with Crippen LogP contribution in [0, 0.1) is 5.92 Å². The van der Waals surface area contributed by atoms with Crippen molar-refractivity contribution >= 4 is 6.29 Å². The van der Waals surface area contributed by atoms with Crippen LogP contribution in [0.25, 0.3) is 0 Å². The van der Waals surface area contributed by atoms with Gasteiger partial charge in [0.15, 0.2) is 0 Å². The fourth-order valence-electron chi connectivity index (χ4n) is 0.480. The predicted octanol–water partition coefficient (Wildman–Crippen LogP) is 1.76. The number of carbonyl (C=O) groups is 1. The topological polar surface area (TPSA) is 26.3 Å². The molecular weight excluding hydrogens is 128 g/mol. The van der Waals surface area contributed by atoms with E-state index in [9.17, 15) is 4.79 Å². The Morgan fingerprint density at radius 1 is 1.60 bits per heavy atom. The van der Waals surface area contributed by atoms with Gasteiger partial charge in [0.2, 0.25) is 0 Å². The first-order chi connectivity index (χ1) is 4.72. The summed E-state index contributed by atoms with van der Waals surface area (Å²) in [6.45, 7) is 6.42. The fourth-order valence-corrected chi connectivity index (χ4v) is 0.480. The Morgan fingerprint density at radius 2 is 2.20 bits per heavy atom. The molecule has 2 nitrogen and oxygen atoms in total. The number of hydrogen-bond donors (Lipinski definition) is 0. The first-order valence-corrected chi connectivity index (χ1v) is 3.49. The maximum absolute atomic E-state index is 10.3. The van der Waals surface area contributed by atoms with Crippen LogP contribution in [-0.4, -0.2) is 12.9 Å². The van der Waals surface area contributed by atoms with Gasteiger partial charge in [-0.1, -0.05) is 13.8 Å². The van der Waals surface area contributed by atoms with Crippen molar-refractivity contribution in [2.24, 2.45) is 5.92 Å². The average Bonchev–Trinajstić information content (AvgIpc) is 1.89. The molecule has 0 aromatic rings. The number of aldehydes is 1. The van der Waals surface area contributed by atoms with Crippen molar-refractivity contribution < 1.29 is 9.53 Å². The zero-order valence-corrected chi connectivity index (χ0v) is 6.76. The Morgan fingerprint density at radius 3 is 2.50 bits per heavy atom. The third-order valence-corrected chi connectivity index (χ3v) is 1.19. The first-order valence-electron chi connectivity index (χ1n) is 3.49. The van der Waals surface area contributed by atoms with Crippen LogP contribution in [0.4, 0.5) is 0 Å². The molecule has 0 fully saturated rings. The summed E-state index contributed by atoms with van der Waals surface area (Å²) in [6.07, 6.45) is 2.36. The summed E-state index contributed by atoms with van der Waals surface area (Å²) in [4.78, 5) is 10.3. The smallest absolute Gasteiger partial charge is 0.149 e. The summed E-state index contributed by atoms with van der Waals surface area (Å²) >= 11 is 0. The van der Waals surface area contributed by atoms with E-state index in [4.69, 9.17) is 4.74 Å². The van der Waals surface area contributed by atoms with Crippen LogP contribution in [-0.2, 0) is 9.53 Å². The van der Waals surface area contributed by atoms with Gasteiger partial charge in [0.05, 0.1) is 12.9 Å². The van der Waals surface area contributed by atoms with Crippen LogP contribution in [0.5, 0.6) is 0 Å². The van der Waals surface area contributed by atoms with Gasteiger partial charge in [0, 0.05) is 5.57 Å². The van der Waals surface area contributed by atoms with Crippen LogP contribution < -0.4 is 0 Å². The molecule has 0 saturated carbocycles. The Hall–Kier alpha value is -0.790. The summed E-state index contributed by atoms with van der Waals surface area (Å²) in [7, 11) is 0. The van der Waals surface area contributed by atoms with E-state index < -0.39 is 0 Å². The van der Waals surface area contributed by atoms with Gasteiger partial charge in [-0.05, 0) is 12.8 Å². The third-order valence-electron chi connectivity index (χ3n) is 1.19. The summed E-state index contributed by atoms with van der Waals surface area (Å²) in [5.74, 6) is 0.254. The van der Waals surface area contributed by atoms with Crippen molar-refractivity contribution in [3.8, 4) is 0 Å². The van der Waals surface area contributed by atoms with E-state index in [2.05, 4.69) is 0 Å². The molecule has 0 rings (SSSR count). The maximum Gasteiger partial charge on any atom is 0.149 e. The minimum absolute atomic E-state index is 0.254. The van der Waals surface area contributed by atoms with Gasteiger partial charge < -0.3 is 4.74 Å². The molecule has 58 valence electrons. The molecule has 10 heavy (non-hydrogen) atoms. The van der Waals surface area contributed by atoms with Crippen LogP contribution >= 0.6 is 0 Å². The minimum atomic E-state index is 0.254. The van der Waals surface area contributed by atoms with Gasteiger partial charge in [-0.15, -0.1) is 0 Å². The highest BCUT2D eigenvalue weighted by molar-refractivity contribution is 5.73. The summed E-state index contributed by atoms with van der Waals surface area (Å²) in [5.41, 5.74) is 0.710. The molecule has 0 bridgehead atoms. The Bertz CT molecular complexity index is 125. The van der Waals surface area contributed by atoms with Crippen LogP contribution in [0.15, 0.2) is 11.8 Å². The lowest BCUT2D eigenvalue weighted by Gasteiger charge is -2.02. The monoisotopic (exact) mass is 142 g/mol. The molecule has 0 saturated heterocycles. The summed E-state index contributed by atoms with van der Waals surface area (Å²) < 4.78 is 4.95. The van der Waals surface area contributed by atoms with E-state index in [-0.39, 0.29) is 5.92 Å². The molecule has 0 aliphatic rings. The van der Waals surface area contributed by atoms with Crippen molar-refractivity contribution in [1.82, 2.24) is 0 Å². The molecule has 0 aliphatic carbocycles.